The Morgan fingerprint density at radius 2 is 1.74 bits per heavy atom. The lowest BCUT2D eigenvalue weighted by Crippen LogP contribution is -2.41. The average molecular weight is 376 g/mol. The summed E-state index contributed by atoms with van der Waals surface area (Å²) < 4.78 is 5.68. The van der Waals surface area contributed by atoms with Gasteiger partial charge < -0.3 is 14.7 Å². The molecule has 27 heavy (non-hydrogen) atoms. The summed E-state index contributed by atoms with van der Waals surface area (Å²) in [7, 11) is 0. The minimum absolute atomic E-state index is 0.0499. The number of hydrogen-bond donors (Lipinski definition) is 1. The van der Waals surface area contributed by atoms with Crippen molar-refractivity contribution in [3.8, 4) is 0 Å². The van der Waals surface area contributed by atoms with Gasteiger partial charge in [-0.3, -0.25) is 0 Å². The van der Waals surface area contributed by atoms with Crippen LogP contribution < -0.4 is 0 Å². The van der Waals surface area contributed by atoms with Crippen molar-refractivity contribution in [2.75, 3.05) is 13.1 Å². The molecule has 0 aromatic heterocycles. The molecule has 1 fully saturated rings. The lowest BCUT2D eigenvalue weighted by Gasteiger charge is -2.31. The largest absolute Gasteiger partial charge is 0.444 e. The van der Waals surface area contributed by atoms with E-state index in [1.807, 2.05) is 37.8 Å². The fourth-order valence-corrected chi connectivity index (χ4v) is 3.49. The van der Waals surface area contributed by atoms with E-state index in [9.17, 15) is 9.90 Å². The minimum Gasteiger partial charge on any atom is -0.444 e. The fraction of sp³-hybridized carbons (Fsp3) is 0.696. The van der Waals surface area contributed by atoms with E-state index in [-0.39, 0.29) is 18.1 Å². The number of unbranched alkanes of at least 4 members (excludes halogenated alkanes) is 4. The van der Waals surface area contributed by atoms with Crippen LogP contribution in [0.2, 0.25) is 0 Å². The maximum absolute atomic E-state index is 12.8. The van der Waals surface area contributed by atoms with Gasteiger partial charge in [0.1, 0.15) is 5.60 Å². The maximum atomic E-state index is 12.8. The van der Waals surface area contributed by atoms with E-state index in [4.69, 9.17) is 4.74 Å². The van der Waals surface area contributed by atoms with Crippen molar-refractivity contribution in [2.45, 2.75) is 90.3 Å². The first-order chi connectivity index (χ1) is 12.8. The summed E-state index contributed by atoms with van der Waals surface area (Å²) in [5, 5.41) is 9.26. The number of carbonyl (C=O) groups excluding carboxylic acids is 1. The monoisotopic (exact) mass is 375 g/mol. The second kappa shape index (κ2) is 9.59. The highest BCUT2D eigenvalue weighted by Crippen LogP contribution is 2.49. The van der Waals surface area contributed by atoms with E-state index < -0.39 is 5.60 Å². The van der Waals surface area contributed by atoms with Crippen molar-refractivity contribution in [2.24, 2.45) is 0 Å². The highest BCUT2D eigenvalue weighted by Gasteiger charge is 2.46. The molecule has 2 rings (SSSR count). The van der Waals surface area contributed by atoms with Gasteiger partial charge in [0.05, 0.1) is 6.61 Å². The Bertz CT molecular complexity index is 585. The SMILES string of the molecule is CCCCCCCN(CC1(c2ccc(CO)cc2)CC1)C(=O)OC(C)(C)C. The van der Waals surface area contributed by atoms with Gasteiger partial charge in [-0.2, -0.15) is 0 Å². The second-order valence-electron chi connectivity index (χ2n) is 8.95. The van der Waals surface area contributed by atoms with E-state index in [2.05, 4.69) is 19.1 Å². The van der Waals surface area contributed by atoms with Crippen molar-refractivity contribution >= 4 is 6.09 Å². The van der Waals surface area contributed by atoms with E-state index >= 15 is 0 Å². The van der Waals surface area contributed by atoms with Crippen LogP contribution in [0, 0.1) is 0 Å². The molecule has 1 aromatic rings. The Hall–Kier alpha value is -1.55. The zero-order valence-electron chi connectivity index (χ0n) is 17.6. The van der Waals surface area contributed by atoms with Crippen molar-refractivity contribution in [1.29, 1.82) is 0 Å². The molecule has 1 aliphatic rings. The molecular weight excluding hydrogens is 338 g/mol. The zero-order valence-corrected chi connectivity index (χ0v) is 17.6. The summed E-state index contributed by atoms with van der Waals surface area (Å²) in [6, 6.07) is 8.18. The first-order valence-electron chi connectivity index (χ1n) is 10.5. The third kappa shape index (κ3) is 6.84. The second-order valence-corrected chi connectivity index (χ2v) is 8.95. The van der Waals surface area contributed by atoms with Crippen molar-refractivity contribution < 1.29 is 14.6 Å². The van der Waals surface area contributed by atoms with Crippen molar-refractivity contribution in [1.82, 2.24) is 4.90 Å². The molecule has 4 heteroatoms. The van der Waals surface area contributed by atoms with Crippen LogP contribution in [0.15, 0.2) is 24.3 Å². The Kier molecular flexibility index (Phi) is 7.72. The molecule has 0 atom stereocenters. The summed E-state index contributed by atoms with van der Waals surface area (Å²) >= 11 is 0. The van der Waals surface area contributed by atoms with E-state index in [0.29, 0.717) is 6.54 Å². The number of aliphatic hydroxyl groups excluding tert-OH is 1. The molecular formula is C23H37NO3. The van der Waals surface area contributed by atoms with Gasteiger partial charge in [0.2, 0.25) is 0 Å². The molecule has 0 unspecified atom stereocenters. The standard InChI is InChI=1S/C23H37NO3/c1-5-6-7-8-9-16-24(21(26)27-22(2,3)4)18-23(14-15-23)20-12-10-19(17-25)11-13-20/h10-13,25H,5-9,14-18H2,1-4H3. The Balaban J connectivity index is 2.03. The molecule has 152 valence electrons. The number of aliphatic hydroxyl groups is 1. The summed E-state index contributed by atoms with van der Waals surface area (Å²) in [5.41, 5.74) is 1.76. The Labute approximate surface area is 164 Å². The highest BCUT2D eigenvalue weighted by atomic mass is 16.6. The van der Waals surface area contributed by atoms with Gasteiger partial charge in [-0.15, -0.1) is 0 Å². The predicted octanol–water partition coefficient (Wildman–Crippen LogP) is 5.42. The number of hydrogen-bond acceptors (Lipinski definition) is 3. The molecule has 1 aromatic carbocycles. The third-order valence-electron chi connectivity index (χ3n) is 5.28. The molecule has 0 spiro atoms. The van der Waals surface area contributed by atoms with Gasteiger partial charge in [0.15, 0.2) is 0 Å². The lowest BCUT2D eigenvalue weighted by atomic mass is 9.94. The summed E-state index contributed by atoms with van der Waals surface area (Å²) in [6.45, 7) is 9.52. The van der Waals surface area contributed by atoms with Crippen LogP contribution in [0.1, 0.15) is 83.8 Å². The average Bonchev–Trinajstić information content (AvgIpc) is 3.40. The number of rotatable bonds is 10. The maximum Gasteiger partial charge on any atom is 0.410 e. The summed E-state index contributed by atoms with van der Waals surface area (Å²) in [5.74, 6) is 0. The van der Waals surface area contributed by atoms with Crippen molar-refractivity contribution in [3.05, 3.63) is 35.4 Å². The molecule has 1 N–H and O–H groups in total. The predicted molar refractivity (Wildman–Crippen MR) is 110 cm³/mol. The highest BCUT2D eigenvalue weighted by molar-refractivity contribution is 5.68. The van der Waals surface area contributed by atoms with Gasteiger partial charge in [0, 0.05) is 18.5 Å². The number of amides is 1. The van der Waals surface area contributed by atoms with Crippen LogP contribution in [0.25, 0.3) is 0 Å². The van der Waals surface area contributed by atoms with Crippen LogP contribution in [-0.4, -0.2) is 34.8 Å². The topological polar surface area (TPSA) is 49.8 Å². The number of benzene rings is 1. The lowest BCUT2D eigenvalue weighted by molar-refractivity contribution is 0.0228. The normalized spacial score (nSPS) is 15.4. The number of nitrogens with zero attached hydrogens (tertiary/aromatic N) is 1. The zero-order chi connectivity index (χ0) is 19.9. The quantitative estimate of drug-likeness (QED) is 0.556. The first kappa shape index (κ1) is 21.7. The van der Waals surface area contributed by atoms with Gasteiger partial charge >= 0.3 is 6.09 Å². The molecule has 1 aliphatic carbocycles. The fourth-order valence-electron chi connectivity index (χ4n) is 3.49. The third-order valence-corrected chi connectivity index (χ3v) is 5.28. The molecule has 4 nitrogen and oxygen atoms in total. The van der Waals surface area contributed by atoms with Gasteiger partial charge in [0.25, 0.3) is 0 Å². The molecule has 0 heterocycles. The Morgan fingerprint density at radius 1 is 1.11 bits per heavy atom. The molecule has 0 saturated heterocycles. The van der Waals surface area contributed by atoms with Gasteiger partial charge in [-0.05, 0) is 51.2 Å². The molecule has 0 aliphatic heterocycles. The van der Waals surface area contributed by atoms with Crippen LogP contribution in [0.4, 0.5) is 4.79 Å². The van der Waals surface area contributed by atoms with Gasteiger partial charge in [-0.25, -0.2) is 4.79 Å². The molecule has 0 bridgehead atoms. The molecule has 1 amide bonds. The number of ether oxygens (including phenoxy) is 1. The van der Waals surface area contributed by atoms with Crippen molar-refractivity contribution in [3.63, 3.8) is 0 Å². The number of carbonyl (C=O) groups is 1. The van der Waals surface area contributed by atoms with Crippen LogP contribution in [0.3, 0.4) is 0 Å². The van der Waals surface area contributed by atoms with Gasteiger partial charge in [-0.1, -0.05) is 56.9 Å². The molecule has 1 saturated carbocycles. The molecule has 0 radical (unpaired) electrons. The minimum atomic E-state index is -0.475. The van der Waals surface area contributed by atoms with E-state index in [1.54, 1.807) is 0 Å². The van der Waals surface area contributed by atoms with Crippen LogP contribution >= 0.6 is 0 Å². The smallest absolute Gasteiger partial charge is 0.410 e. The van der Waals surface area contributed by atoms with E-state index in [0.717, 1.165) is 37.8 Å². The van der Waals surface area contributed by atoms with E-state index in [1.165, 1.54) is 24.8 Å². The first-order valence-corrected chi connectivity index (χ1v) is 10.5. The van der Waals surface area contributed by atoms with Crippen LogP contribution in [0.5, 0.6) is 0 Å². The summed E-state index contributed by atoms with van der Waals surface area (Å²) in [6.07, 6.45) is 7.89. The summed E-state index contributed by atoms with van der Waals surface area (Å²) in [4.78, 5) is 14.7. The Morgan fingerprint density at radius 3 is 2.26 bits per heavy atom. The van der Waals surface area contributed by atoms with Crippen LogP contribution in [-0.2, 0) is 16.8 Å².